The first-order chi connectivity index (χ1) is 8.22. The SMILES string of the molecule is COC(=O)C(C)NCc1cccc2cc[nH]c12. The fourth-order valence-electron chi connectivity index (χ4n) is 1.82. The maximum atomic E-state index is 11.3. The van der Waals surface area contributed by atoms with E-state index >= 15 is 0 Å². The zero-order valence-electron chi connectivity index (χ0n) is 9.99. The van der Waals surface area contributed by atoms with E-state index in [-0.39, 0.29) is 12.0 Å². The number of para-hydroxylation sites is 1. The van der Waals surface area contributed by atoms with Crippen LogP contribution >= 0.6 is 0 Å². The molecule has 4 nitrogen and oxygen atoms in total. The Morgan fingerprint density at radius 2 is 2.29 bits per heavy atom. The van der Waals surface area contributed by atoms with Crippen molar-refractivity contribution in [2.75, 3.05) is 7.11 Å². The topological polar surface area (TPSA) is 54.1 Å². The molecule has 0 aliphatic rings. The van der Waals surface area contributed by atoms with Gasteiger partial charge in [0.05, 0.1) is 7.11 Å². The molecule has 0 fully saturated rings. The highest BCUT2D eigenvalue weighted by Gasteiger charge is 2.12. The van der Waals surface area contributed by atoms with Crippen molar-refractivity contribution in [1.82, 2.24) is 10.3 Å². The molecule has 2 N–H and O–H groups in total. The molecule has 0 bridgehead atoms. The van der Waals surface area contributed by atoms with Gasteiger partial charge in [0, 0.05) is 18.3 Å². The second kappa shape index (κ2) is 5.01. The molecule has 0 amide bonds. The van der Waals surface area contributed by atoms with Gasteiger partial charge in [-0.3, -0.25) is 4.79 Å². The number of hydrogen-bond donors (Lipinski definition) is 2. The molecule has 2 aromatic rings. The van der Waals surface area contributed by atoms with Gasteiger partial charge in [0.2, 0.25) is 0 Å². The van der Waals surface area contributed by atoms with Crippen LogP contribution in [0.2, 0.25) is 0 Å². The van der Waals surface area contributed by atoms with Crippen molar-refractivity contribution in [1.29, 1.82) is 0 Å². The molecule has 0 aliphatic carbocycles. The Kier molecular flexibility index (Phi) is 3.44. The van der Waals surface area contributed by atoms with Gasteiger partial charge in [0.25, 0.3) is 0 Å². The lowest BCUT2D eigenvalue weighted by Gasteiger charge is -2.11. The number of aromatic nitrogens is 1. The second-order valence-corrected chi connectivity index (χ2v) is 3.98. The Labute approximate surface area is 100.0 Å². The number of hydrogen-bond acceptors (Lipinski definition) is 3. The summed E-state index contributed by atoms with van der Waals surface area (Å²) in [6.07, 6.45) is 1.91. The monoisotopic (exact) mass is 232 g/mol. The highest BCUT2D eigenvalue weighted by Crippen LogP contribution is 2.16. The molecule has 1 atom stereocenters. The molecule has 17 heavy (non-hydrogen) atoms. The molecule has 1 heterocycles. The normalized spacial score (nSPS) is 12.6. The second-order valence-electron chi connectivity index (χ2n) is 3.98. The molecule has 4 heteroatoms. The van der Waals surface area contributed by atoms with Crippen molar-refractivity contribution >= 4 is 16.9 Å². The van der Waals surface area contributed by atoms with Gasteiger partial charge in [-0.05, 0) is 23.9 Å². The highest BCUT2D eigenvalue weighted by molar-refractivity contribution is 5.82. The zero-order chi connectivity index (χ0) is 12.3. The Morgan fingerprint density at radius 1 is 1.47 bits per heavy atom. The number of aromatic amines is 1. The first kappa shape index (κ1) is 11.7. The third-order valence-corrected chi connectivity index (χ3v) is 2.83. The summed E-state index contributed by atoms with van der Waals surface area (Å²) in [7, 11) is 1.40. The number of nitrogens with one attached hydrogen (secondary N) is 2. The van der Waals surface area contributed by atoms with Gasteiger partial charge >= 0.3 is 5.97 Å². The largest absolute Gasteiger partial charge is 0.468 e. The Balaban J connectivity index is 2.09. The van der Waals surface area contributed by atoms with Crippen LogP contribution in [0.25, 0.3) is 10.9 Å². The minimum Gasteiger partial charge on any atom is -0.468 e. The molecule has 0 saturated carbocycles. The van der Waals surface area contributed by atoms with Gasteiger partial charge < -0.3 is 15.0 Å². The van der Waals surface area contributed by atoms with E-state index in [2.05, 4.69) is 21.1 Å². The number of esters is 1. The first-order valence-corrected chi connectivity index (χ1v) is 5.58. The van der Waals surface area contributed by atoms with Crippen LogP contribution in [-0.2, 0) is 16.1 Å². The molecule has 0 saturated heterocycles. The van der Waals surface area contributed by atoms with E-state index in [1.54, 1.807) is 6.92 Å². The van der Waals surface area contributed by atoms with E-state index in [9.17, 15) is 4.79 Å². The van der Waals surface area contributed by atoms with Crippen LogP contribution in [0.4, 0.5) is 0 Å². The first-order valence-electron chi connectivity index (χ1n) is 5.58. The number of rotatable bonds is 4. The maximum Gasteiger partial charge on any atom is 0.322 e. The van der Waals surface area contributed by atoms with Crippen molar-refractivity contribution in [3.05, 3.63) is 36.0 Å². The molecule has 0 aliphatic heterocycles. The van der Waals surface area contributed by atoms with Crippen molar-refractivity contribution in [3.8, 4) is 0 Å². The van der Waals surface area contributed by atoms with Crippen molar-refractivity contribution in [3.63, 3.8) is 0 Å². The van der Waals surface area contributed by atoms with Crippen molar-refractivity contribution in [2.24, 2.45) is 0 Å². The lowest BCUT2D eigenvalue weighted by atomic mass is 10.1. The molecule has 90 valence electrons. The Bertz CT molecular complexity index is 519. The molecule has 1 aromatic carbocycles. The number of benzene rings is 1. The third kappa shape index (κ3) is 2.47. The number of H-pyrrole nitrogens is 1. The molecule has 2 rings (SSSR count). The summed E-state index contributed by atoms with van der Waals surface area (Å²) in [5, 5.41) is 4.31. The fraction of sp³-hybridized carbons (Fsp3) is 0.308. The molecular formula is C13H16N2O2. The summed E-state index contributed by atoms with van der Waals surface area (Å²) in [6, 6.07) is 7.83. The average Bonchev–Trinajstić information content (AvgIpc) is 2.83. The van der Waals surface area contributed by atoms with Crippen LogP contribution < -0.4 is 5.32 Å². The van der Waals surface area contributed by atoms with E-state index in [1.807, 2.05) is 24.4 Å². The molecular weight excluding hydrogens is 216 g/mol. The van der Waals surface area contributed by atoms with E-state index in [0.717, 1.165) is 11.1 Å². The Hall–Kier alpha value is -1.81. The molecule has 1 unspecified atom stereocenters. The number of carbonyl (C=O) groups excluding carboxylic acids is 1. The van der Waals surface area contributed by atoms with E-state index in [1.165, 1.54) is 12.5 Å². The summed E-state index contributed by atoms with van der Waals surface area (Å²) in [6.45, 7) is 2.43. The maximum absolute atomic E-state index is 11.3. The van der Waals surface area contributed by atoms with Crippen LogP contribution in [0.15, 0.2) is 30.5 Å². The van der Waals surface area contributed by atoms with E-state index < -0.39 is 0 Å². The quantitative estimate of drug-likeness (QED) is 0.791. The third-order valence-electron chi connectivity index (χ3n) is 2.83. The summed E-state index contributed by atoms with van der Waals surface area (Å²) in [4.78, 5) is 14.5. The smallest absolute Gasteiger partial charge is 0.322 e. The van der Waals surface area contributed by atoms with Gasteiger partial charge in [-0.1, -0.05) is 18.2 Å². The van der Waals surface area contributed by atoms with Crippen LogP contribution in [0.5, 0.6) is 0 Å². The minimum atomic E-state index is -0.301. The summed E-state index contributed by atoms with van der Waals surface area (Å²) in [5.74, 6) is -0.247. The number of ether oxygens (including phenoxy) is 1. The zero-order valence-corrected chi connectivity index (χ0v) is 9.99. The van der Waals surface area contributed by atoms with Gasteiger partial charge in [-0.2, -0.15) is 0 Å². The Morgan fingerprint density at radius 3 is 3.06 bits per heavy atom. The van der Waals surface area contributed by atoms with Crippen molar-refractivity contribution in [2.45, 2.75) is 19.5 Å². The number of fused-ring (bicyclic) bond motifs is 1. The van der Waals surface area contributed by atoms with Crippen molar-refractivity contribution < 1.29 is 9.53 Å². The standard InChI is InChI=1S/C13H16N2O2/c1-9(13(16)17-2)15-8-11-5-3-4-10-6-7-14-12(10)11/h3-7,9,14-15H,8H2,1-2H3. The molecule has 1 aromatic heterocycles. The summed E-state index contributed by atoms with van der Waals surface area (Å²) < 4.78 is 4.66. The number of carbonyl (C=O) groups is 1. The van der Waals surface area contributed by atoms with E-state index in [0.29, 0.717) is 6.54 Å². The average molecular weight is 232 g/mol. The van der Waals surface area contributed by atoms with Crippen LogP contribution in [-0.4, -0.2) is 24.1 Å². The van der Waals surface area contributed by atoms with E-state index in [4.69, 9.17) is 0 Å². The lowest BCUT2D eigenvalue weighted by molar-refractivity contribution is -0.142. The minimum absolute atomic E-state index is 0.247. The highest BCUT2D eigenvalue weighted by atomic mass is 16.5. The molecule has 0 spiro atoms. The van der Waals surface area contributed by atoms with Gasteiger partial charge in [-0.25, -0.2) is 0 Å². The van der Waals surface area contributed by atoms with Gasteiger partial charge in [0.1, 0.15) is 6.04 Å². The fourth-order valence-corrected chi connectivity index (χ4v) is 1.82. The van der Waals surface area contributed by atoms with Crippen LogP contribution in [0.1, 0.15) is 12.5 Å². The summed E-state index contributed by atoms with van der Waals surface area (Å²) in [5.41, 5.74) is 2.25. The lowest BCUT2D eigenvalue weighted by Crippen LogP contribution is -2.34. The summed E-state index contributed by atoms with van der Waals surface area (Å²) >= 11 is 0. The molecule has 0 radical (unpaired) electrons. The predicted molar refractivity (Wildman–Crippen MR) is 66.6 cm³/mol. The van der Waals surface area contributed by atoms with Gasteiger partial charge in [0.15, 0.2) is 0 Å². The number of methoxy groups -OCH3 is 1. The van der Waals surface area contributed by atoms with Crippen LogP contribution in [0.3, 0.4) is 0 Å². The van der Waals surface area contributed by atoms with Gasteiger partial charge in [-0.15, -0.1) is 0 Å². The van der Waals surface area contributed by atoms with Crippen LogP contribution in [0, 0.1) is 0 Å². The predicted octanol–water partition coefficient (Wildman–Crippen LogP) is 1.82.